The van der Waals surface area contributed by atoms with Gasteiger partial charge in [-0.25, -0.2) is 0 Å². The number of ether oxygens (including phenoxy) is 1. The molecule has 2 amide bonds. The Balaban J connectivity index is 1.30. The number of likely N-dealkylation sites (tertiary alicyclic amines) is 1. The van der Waals surface area contributed by atoms with Crippen LogP contribution >= 0.6 is 0 Å². The lowest BCUT2D eigenvalue weighted by Gasteiger charge is -2.21. The highest BCUT2D eigenvalue weighted by Gasteiger charge is 2.48. The largest absolute Gasteiger partial charge is 0.459 e. The number of rotatable bonds is 4. The van der Waals surface area contributed by atoms with Gasteiger partial charge in [0.2, 0.25) is 0 Å². The summed E-state index contributed by atoms with van der Waals surface area (Å²) in [7, 11) is 0. The zero-order valence-electron chi connectivity index (χ0n) is 13.9. The fraction of sp³-hybridized carbons (Fsp3) is 0.588. The highest BCUT2D eigenvalue weighted by atomic mass is 16.7. The quantitative estimate of drug-likeness (QED) is 0.875. The summed E-state index contributed by atoms with van der Waals surface area (Å²) in [6.45, 7) is 2.21. The number of nitrogens with one attached hydrogen (secondary N) is 1. The van der Waals surface area contributed by atoms with Crippen LogP contribution < -0.4 is 5.32 Å². The molecule has 2 unspecified atom stereocenters. The average Bonchev–Trinajstić information content (AvgIpc) is 3.41. The zero-order valence-corrected chi connectivity index (χ0v) is 13.9. The first-order chi connectivity index (χ1) is 12.2. The Kier molecular flexibility index (Phi) is 4.20. The van der Waals surface area contributed by atoms with Crippen LogP contribution in [0.5, 0.6) is 0 Å². The van der Waals surface area contributed by atoms with E-state index in [2.05, 4.69) is 10.5 Å². The Morgan fingerprint density at radius 1 is 1.44 bits per heavy atom. The Morgan fingerprint density at radius 3 is 3.12 bits per heavy atom. The monoisotopic (exact) mass is 347 g/mol. The maximum absolute atomic E-state index is 12.4. The molecule has 134 valence electrons. The molecule has 8 nitrogen and oxygen atoms in total. The Morgan fingerprint density at radius 2 is 2.36 bits per heavy atom. The van der Waals surface area contributed by atoms with Crippen molar-refractivity contribution in [3.8, 4) is 0 Å². The molecular formula is C17H21N3O5. The number of nitrogens with zero attached hydrogens (tertiary/aromatic N) is 2. The van der Waals surface area contributed by atoms with Crippen LogP contribution in [-0.4, -0.2) is 60.4 Å². The predicted molar refractivity (Wildman–Crippen MR) is 87.1 cm³/mol. The molecule has 0 saturated carbocycles. The smallest absolute Gasteiger partial charge is 0.289 e. The molecule has 8 heteroatoms. The van der Waals surface area contributed by atoms with Crippen LogP contribution in [-0.2, 0) is 14.4 Å². The van der Waals surface area contributed by atoms with Gasteiger partial charge in [-0.1, -0.05) is 5.16 Å². The van der Waals surface area contributed by atoms with Crippen LogP contribution in [0.15, 0.2) is 28.0 Å². The minimum Gasteiger partial charge on any atom is -0.459 e. The maximum atomic E-state index is 12.4. The van der Waals surface area contributed by atoms with Gasteiger partial charge in [-0.3, -0.25) is 9.59 Å². The summed E-state index contributed by atoms with van der Waals surface area (Å²) in [4.78, 5) is 31.9. The molecule has 4 rings (SSSR count). The molecule has 2 saturated heterocycles. The summed E-state index contributed by atoms with van der Waals surface area (Å²) in [5, 5.41) is 6.83. The summed E-state index contributed by atoms with van der Waals surface area (Å²) >= 11 is 0. The van der Waals surface area contributed by atoms with Crippen molar-refractivity contribution in [1.29, 1.82) is 0 Å². The molecule has 4 heterocycles. The van der Waals surface area contributed by atoms with Crippen molar-refractivity contribution in [2.24, 2.45) is 5.16 Å². The molecule has 2 atom stereocenters. The topological polar surface area (TPSA) is 93.4 Å². The van der Waals surface area contributed by atoms with Crippen molar-refractivity contribution in [1.82, 2.24) is 10.2 Å². The minimum absolute atomic E-state index is 0.0914. The SMILES string of the molecule is O=C(NCC1CCCO1)C1=NOC2(CCN(C(=O)c3ccco3)C2)C1. The molecule has 1 aromatic rings. The molecule has 0 bridgehead atoms. The standard InChI is InChI=1S/C17H21N3O5/c21-15(18-10-12-3-1-7-23-12)13-9-17(25-19-13)5-6-20(11-17)16(22)14-4-2-8-24-14/h2,4,8,12H,1,3,5-7,9-11H2,(H,18,21). The van der Waals surface area contributed by atoms with E-state index in [1.165, 1.54) is 6.26 Å². The van der Waals surface area contributed by atoms with E-state index >= 15 is 0 Å². The van der Waals surface area contributed by atoms with Gasteiger partial charge in [-0.15, -0.1) is 0 Å². The van der Waals surface area contributed by atoms with E-state index in [1.54, 1.807) is 17.0 Å². The second-order valence-electron chi connectivity index (χ2n) is 6.79. The molecule has 25 heavy (non-hydrogen) atoms. The molecule has 2 fully saturated rings. The second-order valence-corrected chi connectivity index (χ2v) is 6.79. The van der Waals surface area contributed by atoms with Gasteiger partial charge < -0.3 is 24.2 Å². The summed E-state index contributed by atoms with van der Waals surface area (Å²) < 4.78 is 10.7. The van der Waals surface area contributed by atoms with Crippen molar-refractivity contribution in [3.63, 3.8) is 0 Å². The predicted octanol–water partition coefficient (Wildman–Crippen LogP) is 0.936. The number of hydrogen-bond acceptors (Lipinski definition) is 6. The van der Waals surface area contributed by atoms with E-state index < -0.39 is 5.60 Å². The van der Waals surface area contributed by atoms with Gasteiger partial charge in [0, 0.05) is 32.5 Å². The molecule has 1 spiro atoms. The van der Waals surface area contributed by atoms with Crippen molar-refractivity contribution in [3.05, 3.63) is 24.2 Å². The van der Waals surface area contributed by atoms with E-state index in [9.17, 15) is 9.59 Å². The van der Waals surface area contributed by atoms with Gasteiger partial charge in [0.05, 0.1) is 18.9 Å². The molecule has 1 N–H and O–H groups in total. The molecule has 0 aliphatic carbocycles. The van der Waals surface area contributed by atoms with E-state index in [4.69, 9.17) is 14.0 Å². The first-order valence-corrected chi connectivity index (χ1v) is 8.63. The third-order valence-electron chi connectivity index (χ3n) is 4.95. The van der Waals surface area contributed by atoms with Crippen LogP contribution in [0.1, 0.15) is 36.2 Å². The molecule has 0 aromatic carbocycles. The van der Waals surface area contributed by atoms with E-state index in [-0.39, 0.29) is 17.9 Å². The fourth-order valence-corrected chi connectivity index (χ4v) is 3.55. The maximum Gasteiger partial charge on any atom is 0.289 e. The normalized spacial score (nSPS) is 28.2. The summed E-state index contributed by atoms with van der Waals surface area (Å²) in [5.41, 5.74) is -0.219. The number of amides is 2. The Labute approximate surface area is 145 Å². The number of carbonyl (C=O) groups is 2. The van der Waals surface area contributed by atoms with Gasteiger partial charge in [0.15, 0.2) is 11.4 Å². The molecule has 0 radical (unpaired) electrons. The van der Waals surface area contributed by atoms with E-state index in [1.807, 2.05) is 0 Å². The second kappa shape index (κ2) is 6.51. The van der Waals surface area contributed by atoms with Gasteiger partial charge >= 0.3 is 0 Å². The summed E-state index contributed by atoms with van der Waals surface area (Å²) in [6, 6.07) is 3.33. The van der Waals surface area contributed by atoms with E-state index in [0.717, 1.165) is 19.4 Å². The Hall–Kier alpha value is -2.35. The van der Waals surface area contributed by atoms with Crippen LogP contribution in [0.3, 0.4) is 0 Å². The molecule has 3 aliphatic rings. The van der Waals surface area contributed by atoms with Gasteiger partial charge in [0.25, 0.3) is 11.8 Å². The van der Waals surface area contributed by atoms with Crippen LogP contribution in [0.2, 0.25) is 0 Å². The van der Waals surface area contributed by atoms with Gasteiger partial charge in [-0.05, 0) is 25.0 Å². The lowest BCUT2D eigenvalue weighted by Crippen LogP contribution is -2.40. The fourth-order valence-electron chi connectivity index (χ4n) is 3.55. The van der Waals surface area contributed by atoms with Crippen molar-refractivity contribution < 1.29 is 23.6 Å². The summed E-state index contributed by atoms with van der Waals surface area (Å²) in [5.74, 6) is -0.0737. The van der Waals surface area contributed by atoms with Crippen LogP contribution in [0, 0.1) is 0 Å². The average molecular weight is 347 g/mol. The highest BCUT2D eigenvalue weighted by molar-refractivity contribution is 6.39. The van der Waals surface area contributed by atoms with Crippen LogP contribution in [0.25, 0.3) is 0 Å². The van der Waals surface area contributed by atoms with Gasteiger partial charge in [-0.2, -0.15) is 0 Å². The van der Waals surface area contributed by atoms with Crippen LogP contribution in [0.4, 0.5) is 0 Å². The minimum atomic E-state index is -0.598. The first kappa shape index (κ1) is 16.1. The lowest BCUT2D eigenvalue weighted by atomic mass is 9.96. The third kappa shape index (κ3) is 3.26. The number of hydrogen-bond donors (Lipinski definition) is 1. The lowest BCUT2D eigenvalue weighted by molar-refractivity contribution is -0.115. The molecular weight excluding hydrogens is 326 g/mol. The third-order valence-corrected chi connectivity index (χ3v) is 4.95. The number of furan rings is 1. The molecule has 1 aromatic heterocycles. The molecule has 3 aliphatic heterocycles. The summed E-state index contributed by atoms with van der Waals surface area (Å²) in [6.07, 6.45) is 4.63. The van der Waals surface area contributed by atoms with Crippen molar-refractivity contribution in [2.75, 3.05) is 26.2 Å². The highest BCUT2D eigenvalue weighted by Crippen LogP contribution is 2.34. The van der Waals surface area contributed by atoms with Crippen molar-refractivity contribution in [2.45, 2.75) is 37.4 Å². The Bertz CT molecular complexity index is 680. The number of oxime groups is 1. The number of carbonyl (C=O) groups excluding carboxylic acids is 2. The van der Waals surface area contributed by atoms with Gasteiger partial charge in [0.1, 0.15) is 5.71 Å². The van der Waals surface area contributed by atoms with Crippen molar-refractivity contribution >= 4 is 17.5 Å². The van der Waals surface area contributed by atoms with E-state index in [0.29, 0.717) is 43.9 Å². The first-order valence-electron chi connectivity index (χ1n) is 8.63. The zero-order chi connectivity index (χ0) is 17.3.